The first-order valence-corrected chi connectivity index (χ1v) is 14.6. The van der Waals surface area contributed by atoms with Crippen LogP contribution < -0.4 is 5.32 Å². The van der Waals surface area contributed by atoms with Crippen LogP contribution in [0.5, 0.6) is 0 Å². The Morgan fingerprint density at radius 2 is 1.84 bits per heavy atom. The minimum atomic E-state index is -4.85. The average molecular weight is 578 g/mol. The third kappa shape index (κ3) is 7.88. The molecule has 0 bridgehead atoms. The number of benzene rings is 1. The van der Waals surface area contributed by atoms with Crippen molar-refractivity contribution in [1.29, 1.82) is 0 Å². The van der Waals surface area contributed by atoms with E-state index in [4.69, 9.17) is 25.9 Å². The molecule has 1 aromatic carbocycles. The molecule has 0 saturated heterocycles. The largest absolute Gasteiger partial charge is 0.386 e. The molecule has 202 valence electrons. The Labute approximate surface area is 215 Å². The van der Waals surface area contributed by atoms with Crippen LogP contribution in [0, 0.1) is 0 Å². The standard InChI is InChI=1S/C20H26ClN5O9P2/c1-2-13(10-35-37(33,34)11-36(30,31)32)15(27)16(28)19(29)26-18-14(9-23-26)17(24-20(21)25-18)22-8-12-6-4-3-5-7-12/h2-7,9,15-16,19,27-29H,8,10-11H2,1H3,(H,33,34)(H,22,24,25)(H2,30,31,32)/b13-2-/t15-,16-,19-/m1/s1. The van der Waals surface area contributed by atoms with E-state index >= 15 is 0 Å². The SMILES string of the molecule is C/C=C(/COP(=O)(O)CP(=O)(O)O)[C@@H](O)[C@@H](O)[C@@H](O)n1ncc2c(NCc3ccccc3)nc(Cl)nc21. The van der Waals surface area contributed by atoms with Gasteiger partial charge in [0, 0.05) is 6.54 Å². The number of nitrogens with one attached hydrogen (secondary N) is 1. The van der Waals surface area contributed by atoms with Gasteiger partial charge in [0.25, 0.3) is 0 Å². The fourth-order valence-electron chi connectivity index (χ4n) is 3.32. The van der Waals surface area contributed by atoms with E-state index in [9.17, 15) is 29.3 Å². The van der Waals surface area contributed by atoms with Crippen LogP contribution in [0.2, 0.25) is 5.28 Å². The van der Waals surface area contributed by atoms with E-state index in [1.807, 2.05) is 30.3 Å². The van der Waals surface area contributed by atoms with Crippen molar-refractivity contribution in [3.63, 3.8) is 0 Å². The van der Waals surface area contributed by atoms with E-state index in [-0.39, 0.29) is 16.5 Å². The summed E-state index contributed by atoms with van der Waals surface area (Å²) in [6.07, 6.45) is -3.00. The summed E-state index contributed by atoms with van der Waals surface area (Å²) in [6.45, 7) is 1.07. The van der Waals surface area contributed by atoms with Gasteiger partial charge in [-0.3, -0.25) is 9.13 Å². The summed E-state index contributed by atoms with van der Waals surface area (Å²) in [5, 5.41) is 39.3. The number of halogens is 1. The summed E-state index contributed by atoms with van der Waals surface area (Å²) in [5.41, 5.74) is 0.876. The van der Waals surface area contributed by atoms with Crippen molar-refractivity contribution in [2.75, 3.05) is 17.8 Å². The molecule has 17 heteroatoms. The Kier molecular flexibility index (Phi) is 9.59. The third-order valence-corrected chi connectivity index (χ3v) is 8.76. The number of hydrogen-bond donors (Lipinski definition) is 7. The van der Waals surface area contributed by atoms with Crippen LogP contribution in [-0.4, -0.2) is 74.5 Å². The van der Waals surface area contributed by atoms with Gasteiger partial charge < -0.3 is 39.8 Å². The highest BCUT2D eigenvalue weighted by molar-refractivity contribution is 7.70. The Hall–Kier alpha value is -2.22. The second-order valence-corrected chi connectivity index (χ2v) is 12.3. The number of fused-ring (bicyclic) bond motifs is 1. The van der Waals surface area contributed by atoms with Crippen molar-refractivity contribution < 1.29 is 43.7 Å². The average Bonchev–Trinajstić information content (AvgIpc) is 3.24. The maximum atomic E-state index is 11.9. The molecule has 0 aliphatic heterocycles. The molecule has 3 aromatic rings. The van der Waals surface area contributed by atoms with Crippen LogP contribution in [0.25, 0.3) is 11.0 Å². The lowest BCUT2D eigenvalue weighted by molar-refractivity contribution is -0.0845. The Morgan fingerprint density at radius 3 is 2.46 bits per heavy atom. The van der Waals surface area contributed by atoms with Crippen LogP contribution in [0.4, 0.5) is 5.82 Å². The first kappa shape index (κ1) is 29.3. The minimum Gasteiger partial charge on any atom is -0.386 e. The van der Waals surface area contributed by atoms with E-state index in [1.165, 1.54) is 19.2 Å². The van der Waals surface area contributed by atoms with E-state index in [0.29, 0.717) is 17.7 Å². The van der Waals surface area contributed by atoms with Crippen molar-refractivity contribution in [3.05, 3.63) is 59.0 Å². The fraction of sp³-hybridized carbons (Fsp3) is 0.350. The molecule has 1 unspecified atom stereocenters. The summed E-state index contributed by atoms with van der Waals surface area (Å²) in [5.74, 6) is -1.10. The molecule has 0 aliphatic rings. The van der Waals surface area contributed by atoms with Crippen molar-refractivity contribution >= 4 is 43.6 Å². The van der Waals surface area contributed by atoms with Gasteiger partial charge in [0.15, 0.2) is 17.8 Å². The van der Waals surface area contributed by atoms with E-state index in [0.717, 1.165) is 10.2 Å². The lowest BCUT2D eigenvalue weighted by atomic mass is 10.0. The van der Waals surface area contributed by atoms with Gasteiger partial charge in [-0.05, 0) is 29.7 Å². The van der Waals surface area contributed by atoms with Gasteiger partial charge in [-0.25, -0.2) is 4.68 Å². The number of aliphatic hydroxyl groups excluding tert-OH is 3. The quantitative estimate of drug-likeness (QED) is 0.0924. The minimum absolute atomic E-state index is 0.0501. The Balaban J connectivity index is 1.77. The molecule has 2 heterocycles. The maximum absolute atomic E-state index is 11.9. The van der Waals surface area contributed by atoms with Crippen molar-refractivity contribution in [1.82, 2.24) is 19.7 Å². The molecule has 3 rings (SSSR count). The predicted octanol–water partition coefficient (Wildman–Crippen LogP) is 1.59. The van der Waals surface area contributed by atoms with Gasteiger partial charge in [0.1, 0.15) is 18.0 Å². The van der Waals surface area contributed by atoms with Crippen LogP contribution in [0.1, 0.15) is 18.7 Å². The van der Waals surface area contributed by atoms with Gasteiger partial charge in [-0.2, -0.15) is 15.1 Å². The fourth-order valence-corrected chi connectivity index (χ4v) is 6.03. The zero-order valence-electron chi connectivity index (χ0n) is 19.4. The van der Waals surface area contributed by atoms with Gasteiger partial charge in [-0.15, -0.1) is 0 Å². The Bertz CT molecular complexity index is 1350. The molecule has 0 fully saturated rings. The van der Waals surface area contributed by atoms with Gasteiger partial charge in [0.2, 0.25) is 5.28 Å². The highest BCUT2D eigenvalue weighted by Crippen LogP contribution is 2.55. The van der Waals surface area contributed by atoms with Crippen LogP contribution in [0.15, 0.2) is 48.2 Å². The molecule has 14 nitrogen and oxygen atoms in total. The summed E-state index contributed by atoms with van der Waals surface area (Å²) < 4.78 is 28.5. The lowest BCUT2D eigenvalue weighted by Gasteiger charge is -2.25. The molecule has 7 N–H and O–H groups in total. The molecule has 0 aliphatic carbocycles. The van der Waals surface area contributed by atoms with Crippen LogP contribution in [-0.2, 0) is 20.2 Å². The maximum Gasteiger partial charge on any atom is 0.340 e. The zero-order valence-corrected chi connectivity index (χ0v) is 21.9. The number of nitrogens with zero attached hydrogens (tertiary/aromatic N) is 4. The molecule has 0 radical (unpaired) electrons. The molecule has 0 amide bonds. The first-order valence-electron chi connectivity index (χ1n) is 10.7. The lowest BCUT2D eigenvalue weighted by Crippen LogP contribution is -2.37. The third-order valence-electron chi connectivity index (χ3n) is 5.16. The first-order chi connectivity index (χ1) is 17.3. The predicted molar refractivity (Wildman–Crippen MR) is 134 cm³/mol. The highest BCUT2D eigenvalue weighted by atomic mass is 35.5. The molecular formula is C20H26ClN5O9P2. The second kappa shape index (κ2) is 12.1. The summed E-state index contributed by atoms with van der Waals surface area (Å²) >= 11 is 6.06. The second-order valence-electron chi connectivity index (χ2n) is 7.94. The number of hydrogen-bond acceptors (Lipinski definition) is 10. The Morgan fingerprint density at radius 1 is 1.16 bits per heavy atom. The number of rotatable bonds is 12. The van der Waals surface area contributed by atoms with Crippen molar-refractivity contribution in [2.45, 2.75) is 31.9 Å². The van der Waals surface area contributed by atoms with Gasteiger partial charge >= 0.3 is 15.2 Å². The number of aliphatic hydroxyl groups is 3. The van der Waals surface area contributed by atoms with Gasteiger partial charge in [-0.1, -0.05) is 36.4 Å². The van der Waals surface area contributed by atoms with Crippen LogP contribution >= 0.6 is 26.8 Å². The molecule has 2 aromatic heterocycles. The number of anilines is 1. The van der Waals surface area contributed by atoms with Crippen molar-refractivity contribution in [3.8, 4) is 0 Å². The van der Waals surface area contributed by atoms with E-state index in [2.05, 4.69) is 20.4 Å². The summed E-state index contributed by atoms with van der Waals surface area (Å²) in [4.78, 5) is 35.6. The molecule has 0 saturated carbocycles. The highest BCUT2D eigenvalue weighted by Gasteiger charge is 2.34. The van der Waals surface area contributed by atoms with Crippen LogP contribution in [0.3, 0.4) is 0 Å². The normalized spacial score (nSPS) is 16.8. The van der Waals surface area contributed by atoms with Gasteiger partial charge in [0.05, 0.1) is 18.2 Å². The number of aromatic nitrogens is 4. The van der Waals surface area contributed by atoms with Crippen molar-refractivity contribution in [2.24, 2.45) is 0 Å². The molecule has 0 spiro atoms. The topological polar surface area (TPSA) is 220 Å². The monoisotopic (exact) mass is 577 g/mol. The summed E-state index contributed by atoms with van der Waals surface area (Å²) in [7, 11) is -9.56. The smallest absolute Gasteiger partial charge is 0.340 e. The van der Waals surface area contributed by atoms with E-state index in [1.54, 1.807) is 0 Å². The van der Waals surface area contributed by atoms with E-state index < -0.39 is 46.1 Å². The summed E-state index contributed by atoms with van der Waals surface area (Å²) in [6, 6.07) is 9.44. The number of allylic oxidation sites excluding steroid dienone is 1. The zero-order chi connectivity index (χ0) is 27.4. The molecular weight excluding hydrogens is 552 g/mol. The molecule has 4 atom stereocenters. The molecule has 37 heavy (non-hydrogen) atoms.